The third kappa shape index (κ3) is 5.87. The van der Waals surface area contributed by atoms with Crippen molar-refractivity contribution in [2.24, 2.45) is 10.7 Å². The van der Waals surface area contributed by atoms with Gasteiger partial charge in [0.25, 0.3) is 0 Å². The van der Waals surface area contributed by atoms with Crippen molar-refractivity contribution in [1.82, 2.24) is 5.32 Å². The summed E-state index contributed by atoms with van der Waals surface area (Å²) in [4.78, 5) is 4.09. The van der Waals surface area contributed by atoms with Gasteiger partial charge < -0.3 is 20.9 Å². The highest BCUT2D eigenvalue weighted by atomic mass is 16.5. The van der Waals surface area contributed by atoms with Crippen LogP contribution in [0, 0.1) is 0 Å². The van der Waals surface area contributed by atoms with E-state index in [0.29, 0.717) is 11.5 Å². The third-order valence-electron chi connectivity index (χ3n) is 1.52. The summed E-state index contributed by atoms with van der Waals surface area (Å²) < 4.78 is 5.00. The number of hydrogen-bond donors (Lipinski definition) is 3. The van der Waals surface area contributed by atoms with Crippen LogP contribution in [0.3, 0.4) is 0 Å². The Bertz CT molecular complexity index is 259. The topological polar surface area (TPSA) is 79.9 Å². The summed E-state index contributed by atoms with van der Waals surface area (Å²) in [6.45, 7) is 7.90. The molecule has 0 aromatic heterocycles. The summed E-state index contributed by atoms with van der Waals surface area (Å²) in [7, 11) is 0. The van der Waals surface area contributed by atoms with Crippen LogP contribution < -0.4 is 11.1 Å². The minimum absolute atomic E-state index is 0.00818. The van der Waals surface area contributed by atoms with E-state index in [0.717, 1.165) is 5.57 Å². The summed E-state index contributed by atoms with van der Waals surface area (Å²) in [5, 5.41) is 11.3. The van der Waals surface area contributed by atoms with Gasteiger partial charge >= 0.3 is 0 Å². The smallest absolute Gasteiger partial charge is 0.124 e. The first-order chi connectivity index (χ1) is 7.13. The number of aliphatic imine (C=N–C) groups is 1. The molecule has 5 heteroatoms. The largest absolute Gasteiger partial charge is 0.394 e. The number of nitrogens with zero attached hydrogens (tertiary/aromatic N) is 1. The molecule has 86 valence electrons. The zero-order chi connectivity index (χ0) is 11.7. The molecule has 0 aliphatic heterocycles. The molecule has 0 radical (unpaired) electrons. The standard InChI is InChI=1S/C10H19N3O2/c1-4-12-9(8(2)3)10(11)13-7-15-6-5-14/h4,13-14H,2,5-7,11H2,1,3H3/b10-9-,12-4?. The van der Waals surface area contributed by atoms with Gasteiger partial charge in [-0.05, 0) is 19.4 Å². The van der Waals surface area contributed by atoms with Crippen LogP contribution in [0.5, 0.6) is 0 Å². The Hall–Kier alpha value is -1.33. The lowest BCUT2D eigenvalue weighted by Gasteiger charge is -2.10. The summed E-state index contributed by atoms with van der Waals surface area (Å²) in [5.41, 5.74) is 7.13. The van der Waals surface area contributed by atoms with E-state index < -0.39 is 0 Å². The SMILES string of the molecule is C=C(C)/C(N=CC)=C(\N)NCOCCO. The zero-order valence-corrected chi connectivity index (χ0v) is 9.29. The van der Waals surface area contributed by atoms with Crippen molar-refractivity contribution in [2.75, 3.05) is 19.9 Å². The van der Waals surface area contributed by atoms with E-state index in [1.165, 1.54) is 0 Å². The molecule has 0 aromatic carbocycles. The molecule has 0 aliphatic carbocycles. The molecule has 0 bridgehead atoms. The maximum absolute atomic E-state index is 8.48. The Morgan fingerprint density at radius 3 is 2.80 bits per heavy atom. The lowest BCUT2D eigenvalue weighted by atomic mass is 10.2. The van der Waals surface area contributed by atoms with Crippen LogP contribution in [-0.2, 0) is 4.74 Å². The highest BCUT2D eigenvalue weighted by Gasteiger charge is 2.01. The van der Waals surface area contributed by atoms with Crippen molar-refractivity contribution < 1.29 is 9.84 Å². The molecule has 0 amide bonds. The van der Waals surface area contributed by atoms with Crippen LogP contribution in [0.4, 0.5) is 0 Å². The van der Waals surface area contributed by atoms with Crippen molar-refractivity contribution in [3.8, 4) is 0 Å². The number of ether oxygens (including phenoxy) is 1. The Kier molecular flexibility index (Phi) is 7.31. The molecule has 0 saturated heterocycles. The molecule has 0 spiro atoms. The number of hydrogen-bond acceptors (Lipinski definition) is 5. The van der Waals surface area contributed by atoms with E-state index in [-0.39, 0.29) is 19.9 Å². The van der Waals surface area contributed by atoms with Crippen molar-refractivity contribution in [3.05, 3.63) is 23.7 Å². The first-order valence-electron chi connectivity index (χ1n) is 4.70. The van der Waals surface area contributed by atoms with Gasteiger partial charge in [-0.15, -0.1) is 0 Å². The molecule has 4 N–H and O–H groups in total. The molecule has 0 aromatic rings. The molecule has 0 unspecified atom stereocenters. The summed E-state index contributed by atoms with van der Waals surface area (Å²) >= 11 is 0. The molecule has 0 heterocycles. The second kappa shape index (κ2) is 8.02. The Balaban J connectivity index is 4.25. The Morgan fingerprint density at radius 1 is 1.67 bits per heavy atom. The second-order valence-corrected chi connectivity index (χ2v) is 2.88. The van der Waals surface area contributed by atoms with Crippen molar-refractivity contribution in [1.29, 1.82) is 0 Å². The summed E-state index contributed by atoms with van der Waals surface area (Å²) in [5.74, 6) is 0.415. The van der Waals surface area contributed by atoms with E-state index in [4.69, 9.17) is 15.6 Å². The first kappa shape index (κ1) is 13.7. The Morgan fingerprint density at radius 2 is 2.33 bits per heavy atom. The number of rotatable bonds is 7. The van der Waals surface area contributed by atoms with Gasteiger partial charge in [0.15, 0.2) is 0 Å². The van der Waals surface area contributed by atoms with Gasteiger partial charge in [-0.2, -0.15) is 0 Å². The van der Waals surface area contributed by atoms with E-state index in [1.54, 1.807) is 13.1 Å². The lowest BCUT2D eigenvalue weighted by molar-refractivity contribution is 0.0841. The maximum Gasteiger partial charge on any atom is 0.124 e. The van der Waals surface area contributed by atoms with Gasteiger partial charge in [0, 0.05) is 6.21 Å². The van der Waals surface area contributed by atoms with Gasteiger partial charge in [0.1, 0.15) is 18.2 Å². The average molecular weight is 213 g/mol. The molecule has 15 heavy (non-hydrogen) atoms. The minimum atomic E-state index is -0.00818. The fourth-order valence-corrected chi connectivity index (χ4v) is 0.888. The minimum Gasteiger partial charge on any atom is -0.394 e. The van der Waals surface area contributed by atoms with Crippen LogP contribution in [-0.4, -0.2) is 31.3 Å². The van der Waals surface area contributed by atoms with Crippen molar-refractivity contribution >= 4 is 6.21 Å². The molecule has 0 fully saturated rings. The quantitative estimate of drug-likeness (QED) is 0.246. The van der Waals surface area contributed by atoms with E-state index in [2.05, 4.69) is 16.9 Å². The van der Waals surface area contributed by atoms with Crippen molar-refractivity contribution in [3.63, 3.8) is 0 Å². The van der Waals surface area contributed by atoms with E-state index in [1.807, 2.05) is 6.92 Å². The highest BCUT2D eigenvalue weighted by molar-refractivity contribution is 5.57. The predicted molar refractivity (Wildman–Crippen MR) is 61.2 cm³/mol. The molecular weight excluding hydrogens is 194 g/mol. The predicted octanol–water partition coefficient (Wildman–Crippen LogP) is 0.337. The van der Waals surface area contributed by atoms with Crippen LogP contribution in [0.25, 0.3) is 0 Å². The molecule has 0 saturated carbocycles. The first-order valence-corrected chi connectivity index (χ1v) is 4.70. The number of nitrogens with two attached hydrogens (primary N) is 1. The summed E-state index contributed by atoms with van der Waals surface area (Å²) in [6, 6.07) is 0. The molecular formula is C10H19N3O2. The van der Waals surface area contributed by atoms with Gasteiger partial charge in [-0.25, -0.2) is 0 Å². The lowest BCUT2D eigenvalue weighted by Crippen LogP contribution is -2.25. The van der Waals surface area contributed by atoms with Gasteiger partial charge in [-0.1, -0.05) is 6.58 Å². The van der Waals surface area contributed by atoms with Crippen LogP contribution in [0.2, 0.25) is 0 Å². The second-order valence-electron chi connectivity index (χ2n) is 2.88. The third-order valence-corrected chi connectivity index (χ3v) is 1.52. The van der Waals surface area contributed by atoms with Gasteiger partial charge in [0.2, 0.25) is 0 Å². The molecule has 0 aliphatic rings. The average Bonchev–Trinajstić information content (AvgIpc) is 2.20. The highest BCUT2D eigenvalue weighted by Crippen LogP contribution is 2.08. The van der Waals surface area contributed by atoms with Crippen molar-refractivity contribution in [2.45, 2.75) is 13.8 Å². The van der Waals surface area contributed by atoms with E-state index >= 15 is 0 Å². The molecule has 5 nitrogen and oxygen atoms in total. The number of nitrogens with one attached hydrogen (secondary N) is 1. The van der Waals surface area contributed by atoms with Crippen LogP contribution >= 0.6 is 0 Å². The van der Waals surface area contributed by atoms with Gasteiger partial charge in [0.05, 0.1) is 13.2 Å². The fourth-order valence-electron chi connectivity index (χ4n) is 0.888. The van der Waals surface area contributed by atoms with Gasteiger partial charge in [-0.3, -0.25) is 4.99 Å². The monoisotopic (exact) mass is 213 g/mol. The van der Waals surface area contributed by atoms with Crippen LogP contribution in [0.15, 0.2) is 28.7 Å². The normalized spacial score (nSPS) is 12.7. The maximum atomic E-state index is 8.48. The molecule has 0 rings (SSSR count). The zero-order valence-electron chi connectivity index (χ0n) is 9.29. The number of aliphatic hydroxyl groups is 1. The number of aliphatic hydroxyl groups excluding tert-OH is 1. The van der Waals surface area contributed by atoms with Crippen LogP contribution in [0.1, 0.15) is 13.8 Å². The molecule has 0 atom stereocenters. The number of allylic oxidation sites excluding steroid dienone is 1. The Labute approximate surface area is 90.3 Å². The summed E-state index contributed by atoms with van der Waals surface area (Å²) in [6.07, 6.45) is 1.65. The van der Waals surface area contributed by atoms with E-state index in [9.17, 15) is 0 Å². The fraction of sp³-hybridized carbons (Fsp3) is 0.500.